The van der Waals surface area contributed by atoms with E-state index in [1.54, 1.807) is 5.57 Å². The Morgan fingerprint density at radius 2 is 1.46 bits per heavy atom. The van der Waals surface area contributed by atoms with Crippen molar-refractivity contribution in [2.75, 3.05) is 6.61 Å². The maximum absolute atomic E-state index is 11.9. The van der Waals surface area contributed by atoms with E-state index in [2.05, 4.69) is 47.6 Å². The lowest BCUT2D eigenvalue weighted by molar-refractivity contribution is -0.114. The topological polar surface area (TPSA) is 26.3 Å². The molecule has 4 aliphatic carbocycles. The normalized spacial score (nSPS) is 33.6. The molecule has 0 spiro atoms. The van der Waals surface area contributed by atoms with Crippen molar-refractivity contribution in [1.82, 2.24) is 0 Å². The highest BCUT2D eigenvalue weighted by Gasteiger charge is 2.59. The van der Waals surface area contributed by atoms with Crippen molar-refractivity contribution in [2.24, 2.45) is 52.3 Å². The van der Waals surface area contributed by atoms with Crippen LogP contribution in [0, 0.1) is 52.3 Å². The summed E-state index contributed by atoms with van der Waals surface area (Å²) in [6.07, 6.45) is 36.6. The van der Waals surface area contributed by atoms with Crippen LogP contribution in [0.4, 0.5) is 0 Å². The van der Waals surface area contributed by atoms with Gasteiger partial charge in [-0.3, -0.25) is 0 Å². The predicted octanol–water partition coefficient (Wildman–Crippen LogP) is 13.3. The van der Waals surface area contributed by atoms with Gasteiger partial charge >= 0.3 is 0 Å². The predicted molar refractivity (Wildman–Crippen MR) is 198 cm³/mol. The van der Waals surface area contributed by atoms with Gasteiger partial charge in [0.1, 0.15) is 6.29 Å². The fourth-order valence-corrected chi connectivity index (χ4v) is 11.5. The largest absolute Gasteiger partial charge is 0.377 e. The third-order valence-corrected chi connectivity index (χ3v) is 14.4. The minimum absolute atomic E-state index is 0.0836. The first kappa shape index (κ1) is 38.2. The van der Waals surface area contributed by atoms with Crippen LogP contribution in [0.15, 0.2) is 11.6 Å². The van der Waals surface area contributed by atoms with E-state index in [0.29, 0.717) is 23.5 Å². The zero-order valence-corrected chi connectivity index (χ0v) is 31.8. The molecule has 46 heavy (non-hydrogen) atoms. The van der Waals surface area contributed by atoms with Crippen molar-refractivity contribution in [3.63, 3.8) is 0 Å². The highest BCUT2D eigenvalue weighted by Crippen LogP contribution is 2.67. The Balaban J connectivity index is 1.16. The minimum Gasteiger partial charge on any atom is -0.377 e. The number of carbonyl (C=O) groups excluding carboxylic acids is 1. The zero-order valence-electron chi connectivity index (χ0n) is 31.8. The summed E-state index contributed by atoms with van der Waals surface area (Å²) in [4.78, 5) is 11.9. The SMILES string of the molecule is CCCCCCCCCCCCCCC(C=O)COC1CCC2(C)C(=CCC3C2CCC2(C)C(C(C)CCCC(C)C)CCC32)C1. The lowest BCUT2D eigenvalue weighted by Crippen LogP contribution is -2.51. The van der Waals surface area contributed by atoms with Crippen molar-refractivity contribution in [2.45, 2.75) is 202 Å². The summed E-state index contributed by atoms with van der Waals surface area (Å²) in [6, 6.07) is 0. The molecule has 0 bridgehead atoms. The fourth-order valence-electron chi connectivity index (χ4n) is 11.5. The van der Waals surface area contributed by atoms with Crippen LogP contribution in [-0.4, -0.2) is 19.0 Å². The molecule has 0 aromatic carbocycles. The lowest BCUT2D eigenvalue weighted by atomic mass is 9.47. The van der Waals surface area contributed by atoms with Crippen LogP contribution in [0.1, 0.15) is 196 Å². The monoisotopic (exact) mass is 639 g/mol. The summed E-state index contributed by atoms with van der Waals surface area (Å²) in [6.45, 7) is 15.6. The molecule has 9 unspecified atom stereocenters. The fraction of sp³-hybridized carbons (Fsp3) is 0.932. The van der Waals surface area contributed by atoms with E-state index < -0.39 is 0 Å². The van der Waals surface area contributed by atoms with Crippen LogP contribution in [0.5, 0.6) is 0 Å². The molecule has 0 aliphatic heterocycles. The summed E-state index contributed by atoms with van der Waals surface area (Å²) in [5, 5.41) is 0. The molecule has 9 atom stereocenters. The minimum atomic E-state index is 0.0836. The highest BCUT2D eigenvalue weighted by atomic mass is 16.5. The number of unbranched alkanes of at least 4 members (excludes halogenated alkanes) is 11. The van der Waals surface area contributed by atoms with Gasteiger partial charge in [0.25, 0.3) is 0 Å². The zero-order chi connectivity index (χ0) is 33.0. The van der Waals surface area contributed by atoms with Crippen molar-refractivity contribution in [3.05, 3.63) is 11.6 Å². The summed E-state index contributed by atoms with van der Waals surface area (Å²) in [7, 11) is 0. The van der Waals surface area contributed by atoms with Gasteiger partial charge in [-0.25, -0.2) is 0 Å². The van der Waals surface area contributed by atoms with Crippen LogP contribution in [-0.2, 0) is 9.53 Å². The molecular weight excluding hydrogens is 560 g/mol. The van der Waals surface area contributed by atoms with E-state index in [0.717, 1.165) is 48.3 Å². The second-order valence-corrected chi connectivity index (χ2v) is 18.1. The van der Waals surface area contributed by atoms with E-state index in [1.165, 1.54) is 148 Å². The van der Waals surface area contributed by atoms with E-state index in [9.17, 15) is 4.79 Å². The van der Waals surface area contributed by atoms with Crippen molar-refractivity contribution in [1.29, 1.82) is 0 Å². The number of ether oxygens (including phenoxy) is 1. The van der Waals surface area contributed by atoms with Gasteiger partial charge in [0.15, 0.2) is 0 Å². The standard InChI is InChI=1S/C44H78O2/c1-7-8-9-10-11-12-13-14-15-16-17-18-22-36(32-45)33-46-38-27-29-43(5)37(31-38)23-24-39-41-26-25-40(35(4)21-19-20-34(2)3)44(41,6)30-28-42(39)43/h23,32,34-36,38-42H,7-22,24-31,33H2,1-6H3. The summed E-state index contributed by atoms with van der Waals surface area (Å²) >= 11 is 0. The number of aldehydes is 1. The maximum atomic E-state index is 11.9. The van der Waals surface area contributed by atoms with E-state index >= 15 is 0 Å². The molecule has 0 N–H and O–H groups in total. The average molecular weight is 639 g/mol. The number of allylic oxidation sites excluding steroid dienone is 1. The van der Waals surface area contributed by atoms with Crippen molar-refractivity contribution in [3.8, 4) is 0 Å². The van der Waals surface area contributed by atoms with Crippen molar-refractivity contribution < 1.29 is 9.53 Å². The van der Waals surface area contributed by atoms with Gasteiger partial charge in [0.2, 0.25) is 0 Å². The van der Waals surface area contributed by atoms with Gasteiger partial charge in [0, 0.05) is 5.92 Å². The second-order valence-electron chi connectivity index (χ2n) is 18.1. The van der Waals surface area contributed by atoms with Gasteiger partial charge in [-0.1, -0.05) is 150 Å². The Hall–Kier alpha value is -0.630. The van der Waals surface area contributed by atoms with Crippen LogP contribution in [0.3, 0.4) is 0 Å². The molecule has 0 heterocycles. The van der Waals surface area contributed by atoms with Gasteiger partial charge in [0.05, 0.1) is 12.7 Å². The number of hydrogen-bond donors (Lipinski definition) is 0. The van der Waals surface area contributed by atoms with E-state index in [-0.39, 0.29) is 5.92 Å². The summed E-state index contributed by atoms with van der Waals surface area (Å²) in [5.74, 6) is 5.45. The van der Waals surface area contributed by atoms with Gasteiger partial charge in [-0.2, -0.15) is 0 Å². The first-order valence-electron chi connectivity index (χ1n) is 21.0. The number of rotatable bonds is 22. The smallest absolute Gasteiger partial charge is 0.125 e. The Labute approximate surface area is 287 Å². The molecule has 0 saturated heterocycles. The average Bonchev–Trinajstić information content (AvgIpc) is 3.40. The van der Waals surface area contributed by atoms with Crippen LogP contribution >= 0.6 is 0 Å². The van der Waals surface area contributed by atoms with Crippen LogP contribution in [0.2, 0.25) is 0 Å². The molecule has 4 rings (SSSR count). The molecule has 2 heteroatoms. The van der Waals surface area contributed by atoms with Gasteiger partial charge in [-0.05, 0) is 104 Å². The summed E-state index contributed by atoms with van der Waals surface area (Å²) in [5.41, 5.74) is 2.66. The highest BCUT2D eigenvalue weighted by molar-refractivity contribution is 5.53. The number of hydrogen-bond acceptors (Lipinski definition) is 2. The van der Waals surface area contributed by atoms with Crippen LogP contribution in [0.25, 0.3) is 0 Å². The van der Waals surface area contributed by atoms with Crippen molar-refractivity contribution >= 4 is 6.29 Å². The molecule has 3 saturated carbocycles. The Kier molecular flexibility index (Phi) is 15.7. The van der Waals surface area contributed by atoms with Gasteiger partial charge < -0.3 is 9.53 Å². The molecular formula is C44H78O2. The lowest BCUT2D eigenvalue weighted by Gasteiger charge is -2.58. The van der Waals surface area contributed by atoms with Gasteiger partial charge in [-0.15, -0.1) is 0 Å². The van der Waals surface area contributed by atoms with E-state index in [4.69, 9.17) is 4.74 Å². The van der Waals surface area contributed by atoms with Crippen LogP contribution < -0.4 is 0 Å². The Morgan fingerprint density at radius 1 is 0.783 bits per heavy atom. The molecule has 0 aromatic rings. The summed E-state index contributed by atoms with van der Waals surface area (Å²) < 4.78 is 6.52. The number of fused-ring (bicyclic) bond motifs is 5. The van der Waals surface area contributed by atoms with E-state index in [1.807, 2.05) is 0 Å². The quantitative estimate of drug-likeness (QED) is 0.0670. The second kappa shape index (κ2) is 18.9. The first-order chi connectivity index (χ1) is 22.2. The molecule has 266 valence electrons. The molecule has 0 amide bonds. The number of carbonyl (C=O) groups is 1. The molecule has 3 fully saturated rings. The first-order valence-corrected chi connectivity index (χ1v) is 21.0. The third-order valence-electron chi connectivity index (χ3n) is 14.4. The molecule has 4 aliphatic rings. The molecule has 0 radical (unpaired) electrons. The third kappa shape index (κ3) is 9.97. The Bertz CT molecular complexity index is 906. The molecule has 2 nitrogen and oxygen atoms in total. The Morgan fingerprint density at radius 3 is 2.11 bits per heavy atom. The maximum Gasteiger partial charge on any atom is 0.125 e. The molecule has 0 aromatic heterocycles.